The van der Waals surface area contributed by atoms with Crippen molar-refractivity contribution in [2.45, 2.75) is 0 Å². The molecule has 0 saturated carbocycles. The fourth-order valence-corrected chi connectivity index (χ4v) is 10.0. The third kappa shape index (κ3) is 5.19. The van der Waals surface area contributed by atoms with Gasteiger partial charge in [-0.1, -0.05) is 133 Å². The topological polar surface area (TPSA) is 21.3 Å². The Hall–Kier alpha value is -7.40. The Bertz CT molecular complexity index is 3460. The number of anilines is 3. The monoisotopic (exact) mass is 758 g/mol. The van der Waals surface area contributed by atoms with E-state index in [1.54, 1.807) is 0 Å². The summed E-state index contributed by atoms with van der Waals surface area (Å²) in [6, 6.07) is 74.5. The van der Waals surface area contributed by atoms with E-state index in [0.717, 1.165) is 39.0 Å². The highest BCUT2D eigenvalue weighted by atomic mass is 32.1. The molecule has 3 heterocycles. The molecular weight excluding hydrogens is 725 g/mol. The highest BCUT2D eigenvalue weighted by molar-refractivity contribution is 7.25. The third-order valence-corrected chi connectivity index (χ3v) is 12.8. The molecule has 0 fully saturated rings. The van der Waals surface area contributed by atoms with E-state index in [9.17, 15) is 0 Å². The molecular formula is C54H34N2OS. The first-order chi connectivity index (χ1) is 28.7. The van der Waals surface area contributed by atoms with Crippen molar-refractivity contribution in [2.24, 2.45) is 0 Å². The number of thiophene rings is 1. The van der Waals surface area contributed by atoms with Crippen LogP contribution in [-0.2, 0) is 0 Å². The molecule has 0 aliphatic rings. The number of furan rings is 1. The number of para-hydroxylation sites is 4. The van der Waals surface area contributed by atoms with Crippen LogP contribution in [-0.4, -0.2) is 4.57 Å². The Morgan fingerprint density at radius 3 is 1.67 bits per heavy atom. The minimum absolute atomic E-state index is 0.890. The molecule has 0 atom stereocenters. The second-order valence-corrected chi connectivity index (χ2v) is 16.0. The van der Waals surface area contributed by atoms with Crippen LogP contribution in [0.4, 0.5) is 17.1 Å². The minimum atomic E-state index is 0.890. The summed E-state index contributed by atoms with van der Waals surface area (Å²) >= 11 is 1.85. The van der Waals surface area contributed by atoms with Gasteiger partial charge in [-0.15, -0.1) is 11.3 Å². The fraction of sp³-hybridized carbons (Fsp3) is 0. The summed E-state index contributed by atoms with van der Waals surface area (Å²) in [5.41, 5.74) is 13.4. The first kappa shape index (κ1) is 32.8. The van der Waals surface area contributed by atoms with Gasteiger partial charge in [-0.05, 0) is 89.5 Å². The van der Waals surface area contributed by atoms with Crippen LogP contribution in [0.2, 0.25) is 0 Å². The van der Waals surface area contributed by atoms with Crippen molar-refractivity contribution in [1.29, 1.82) is 0 Å². The molecule has 58 heavy (non-hydrogen) atoms. The van der Waals surface area contributed by atoms with Crippen molar-refractivity contribution in [3.8, 4) is 27.9 Å². The molecule has 0 unspecified atom stereocenters. The van der Waals surface area contributed by atoms with Gasteiger partial charge in [0.1, 0.15) is 11.2 Å². The summed E-state index contributed by atoms with van der Waals surface area (Å²) in [6.45, 7) is 0. The molecule has 0 spiro atoms. The molecule has 0 amide bonds. The van der Waals surface area contributed by atoms with Gasteiger partial charge in [0.25, 0.3) is 0 Å². The molecule has 0 N–H and O–H groups in total. The second kappa shape index (κ2) is 13.1. The molecule has 12 rings (SSSR count). The van der Waals surface area contributed by atoms with Crippen LogP contribution < -0.4 is 4.90 Å². The van der Waals surface area contributed by atoms with Crippen molar-refractivity contribution in [2.75, 3.05) is 4.90 Å². The van der Waals surface area contributed by atoms with Crippen molar-refractivity contribution in [3.05, 3.63) is 206 Å². The summed E-state index contributed by atoms with van der Waals surface area (Å²) in [5, 5.41) is 7.35. The van der Waals surface area contributed by atoms with Crippen molar-refractivity contribution < 1.29 is 4.42 Å². The zero-order valence-electron chi connectivity index (χ0n) is 31.3. The van der Waals surface area contributed by atoms with Gasteiger partial charge in [0, 0.05) is 64.3 Å². The summed E-state index contributed by atoms with van der Waals surface area (Å²) in [4.78, 5) is 2.36. The zero-order valence-corrected chi connectivity index (χ0v) is 32.2. The zero-order chi connectivity index (χ0) is 38.2. The molecule has 0 radical (unpaired) electrons. The summed E-state index contributed by atoms with van der Waals surface area (Å²) in [6.07, 6.45) is 0. The number of rotatable bonds is 6. The maximum Gasteiger partial charge on any atom is 0.135 e. The van der Waals surface area contributed by atoms with E-state index in [-0.39, 0.29) is 0 Å². The first-order valence-corrected chi connectivity index (χ1v) is 20.5. The molecule has 0 bridgehead atoms. The van der Waals surface area contributed by atoms with Crippen LogP contribution in [0.1, 0.15) is 0 Å². The van der Waals surface area contributed by atoms with Gasteiger partial charge in [-0.25, -0.2) is 0 Å². The quantitative estimate of drug-likeness (QED) is 0.168. The lowest BCUT2D eigenvalue weighted by molar-refractivity contribution is 0.669. The SMILES string of the molecule is c1ccc(-n2c3ccccc3c3ccccc32)c(-c2ccc(-c3ccc(N(c4ccc5c(c4)sc4ccccc45)c4ccc5oc6ccccc6c5c4)cc3)cc2)c1. The first-order valence-electron chi connectivity index (χ1n) is 19.7. The van der Waals surface area contributed by atoms with Gasteiger partial charge < -0.3 is 13.9 Å². The summed E-state index contributed by atoms with van der Waals surface area (Å²) < 4.78 is 11.2. The minimum Gasteiger partial charge on any atom is -0.456 e. The van der Waals surface area contributed by atoms with Crippen LogP contribution in [0.25, 0.3) is 91.9 Å². The van der Waals surface area contributed by atoms with E-state index in [0.29, 0.717) is 0 Å². The van der Waals surface area contributed by atoms with Crippen LogP contribution >= 0.6 is 11.3 Å². The average molecular weight is 759 g/mol. The van der Waals surface area contributed by atoms with Crippen molar-refractivity contribution in [3.63, 3.8) is 0 Å². The normalized spacial score (nSPS) is 11.8. The lowest BCUT2D eigenvalue weighted by Gasteiger charge is -2.26. The highest BCUT2D eigenvalue weighted by Gasteiger charge is 2.18. The number of hydrogen-bond donors (Lipinski definition) is 0. The lowest BCUT2D eigenvalue weighted by Crippen LogP contribution is -2.09. The van der Waals surface area contributed by atoms with Gasteiger partial charge in [0.15, 0.2) is 0 Å². The number of fused-ring (bicyclic) bond motifs is 9. The second-order valence-electron chi connectivity index (χ2n) is 14.9. The molecule has 0 aliphatic heterocycles. The van der Waals surface area contributed by atoms with Gasteiger partial charge >= 0.3 is 0 Å². The smallest absolute Gasteiger partial charge is 0.135 e. The largest absolute Gasteiger partial charge is 0.456 e. The van der Waals surface area contributed by atoms with E-state index in [2.05, 4.69) is 204 Å². The third-order valence-electron chi connectivity index (χ3n) is 11.6. The molecule has 0 aliphatic carbocycles. The molecule has 272 valence electrons. The van der Waals surface area contributed by atoms with E-state index in [1.807, 2.05) is 23.5 Å². The average Bonchev–Trinajstić information content (AvgIpc) is 3.96. The van der Waals surface area contributed by atoms with Crippen LogP contribution in [0.5, 0.6) is 0 Å². The fourth-order valence-electron chi connectivity index (χ4n) is 8.89. The Labute approximate surface area is 338 Å². The Balaban J connectivity index is 0.929. The number of aromatic nitrogens is 1. The summed E-state index contributed by atoms with van der Waals surface area (Å²) in [5.74, 6) is 0. The van der Waals surface area contributed by atoms with E-state index in [4.69, 9.17) is 4.42 Å². The van der Waals surface area contributed by atoms with Crippen LogP contribution in [0.3, 0.4) is 0 Å². The predicted molar refractivity (Wildman–Crippen MR) is 247 cm³/mol. The Morgan fingerprint density at radius 1 is 0.362 bits per heavy atom. The van der Waals surface area contributed by atoms with Gasteiger partial charge in [-0.2, -0.15) is 0 Å². The van der Waals surface area contributed by atoms with Gasteiger partial charge in [-0.3, -0.25) is 0 Å². The van der Waals surface area contributed by atoms with Gasteiger partial charge in [0.2, 0.25) is 0 Å². The maximum absolute atomic E-state index is 6.23. The molecule has 4 heteroatoms. The predicted octanol–water partition coefficient (Wildman–Crippen LogP) is 15.9. The highest BCUT2D eigenvalue weighted by Crippen LogP contribution is 2.43. The summed E-state index contributed by atoms with van der Waals surface area (Å²) in [7, 11) is 0. The number of benzene rings is 9. The van der Waals surface area contributed by atoms with E-state index in [1.165, 1.54) is 69.9 Å². The van der Waals surface area contributed by atoms with Crippen molar-refractivity contribution >= 4 is 92.3 Å². The lowest BCUT2D eigenvalue weighted by atomic mass is 9.98. The molecule has 3 aromatic heterocycles. The van der Waals surface area contributed by atoms with Gasteiger partial charge in [0.05, 0.1) is 16.7 Å². The molecule has 12 aromatic rings. The molecule has 3 nitrogen and oxygen atoms in total. The molecule has 9 aromatic carbocycles. The standard InChI is InChI=1S/C54H34N2OS/c1-6-16-48(56-49-17-7-2-12-42(49)43-13-3-8-18-50(43)56)41(11-1)37-23-21-35(22-24-37)36-25-27-38(28-26-36)55(39-30-32-52-47(33-39)44-14-4-9-19-51(44)57-52)40-29-31-46-45-15-5-10-20-53(45)58-54(46)34-40/h1-34H. The van der Waals surface area contributed by atoms with Crippen molar-refractivity contribution in [1.82, 2.24) is 4.57 Å². The van der Waals surface area contributed by atoms with E-state index >= 15 is 0 Å². The Kier molecular flexibility index (Phi) is 7.40. The Morgan fingerprint density at radius 2 is 0.897 bits per heavy atom. The van der Waals surface area contributed by atoms with E-state index < -0.39 is 0 Å². The van der Waals surface area contributed by atoms with Crippen LogP contribution in [0, 0.1) is 0 Å². The number of nitrogens with zero attached hydrogens (tertiary/aromatic N) is 2. The number of hydrogen-bond acceptors (Lipinski definition) is 3. The molecule has 0 saturated heterocycles. The maximum atomic E-state index is 6.23. The van der Waals surface area contributed by atoms with Crippen LogP contribution in [0.15, 0.2) is 211 Å².